The van der Waals surface area contributed by atoms with E-state index in [9.17, 15) is 4.79 Å². The summed E-state index contributed by atoms with van der Waals surface area (Å²) in [4.78, 5) is 16.3. The van der Waals surface area contributed by atoms with Crippen molar-refractivity contribution in [2.45, 2.75) is 0 Å². The highest BCUT2D eigenvalue weighted by Crippen LogP contribution is 2.23. The van der Waals surface area contributed by atoms with Crippen molar-refractivity contribution in [3.05, 3.63) is 44.1 Å². The molecule has 0 bridgehead atoms. The number of anilines is 1. The summed E-state index contributed by atoms with van der Waals surface area (Å²) in [5.41, 5.74) is 0. The number of pyridine rings is 1. The van der Waals surface area contributed by atoms with Gasteiger partial charge in [-0.15, -0.1) is 11.3 Å². The summed E-state index contributed by atoms with van der Waals surface area (Å²) in [7, 11) is 0. The maximum Gasteiger partial charge on any atom is 0.268 e. The molecule has 2 heterocycles. The molecule has 0 spiro atoms. The molecule has 0 aromatic carbocycles. The number of carbonyl (C=O) groups excluding carboxylic acids is 1. The first-order valence-corrected chi connectivity index (χ1v) is 6.38. The number of carbonyl (C=O) groups is 1. The van der Waals surface area contributed by atoms with E-state index in [4.69, 9.17) is 11.6 Å². The molecule has 0 aliphatic heterocycles. The van der Waals surface area contributed by atoms with Crippen LogP contribution in [0, 0.1) is 0 Å². The number of hydrogen-bond donors (Lipinski definition) is 1. The number of nitrogens with zero attached hydrogens (tertiary/aromatic N) is 1. The predicted molar refractivity (Wildman–Crippen MR) is 69.2 cm³/mol. The molecule has 0 fully saturated rings. The van der Waals surface area contributed by atoms with Crippen LogP contribution >= 0.6 is 38.9 Å². The summed E-state index contributed by atoms with van der Waals surface area (Å²) >= 11 is 10.4. The van der Waals surface area contributed by atoms with Gasteiger partial charge >= 0.3 is 0 Å². The van der Waals surface area contributed by atoms with Crippen LogP contribution < -0.4 is 5.32 Å². The van der Waals surface area contributed by atoms with Crippen LogP contribution in [-0.2, 0) is 0 Å². The van der Waals surface area contributed by atoms with Gasteiger partial charge in [-0.2, -0.15) is 0 Å². The van der Waals surface area contributed by atoms with E-state index in [1.807, 2.05) is 0 Å². The van der Waals surface area contributed by atoms with E-state index >= 15 is 0 Å². The van der Waals surface area contributed by atoms with Crippen LogP contribution in [0.5, 0.6) is 0 Å². The van der Waals surface area contributed by atoms with Crippen LogP contribution in [0.15, 0.2) is 34.2 Å². The largest absolute Gasteiger partial charge is 0.306 e. The lowest BCUT2D eigenvalue weighted by atomic mass is 10.4. The van der Waals surface area contributed by atoms with Gasteiger partial charge in [-0.05, 0) is 39.5 Å². The molecule has 0 saturated carbocycles. The maximum absolute atomic E-state index is 11.7. The van der Waals surface area contributed by atoms with Gasteiger partial charge in [-0.1, -0.05) is 11.6 Å². The summed E-state index contributed by atoms with van der Waals surface area (Å²) in [5.74, 6) is 0.257. The minimum atomic E-state index is -0.241. The second-order valence-electron chi connectivity index (χ2n) is 2.91. The molecule has 0 aliphatic carbocycles. The van der Waals surface area contributed by atoms with E-state index in [2.05, 4.69) is 26.2 Å². The fraction of sp³-hybridized carbons (Fsp3) is 0. The van der Waals surface area contributed by atoms with Gasteiger partial charge < -0.3 is 5.32 Å². The lowest BCUT2D eigenvalue weighted by Gasteiger charge is -2.02. The molecule has 3 nitrogen and oxygen atoms in total. The number of thiophene rings is 1. The molecule has 1 amide bonds. The lowest BCUT2D eigenvalue weighted by molar-refractivity contribution is 0.103. The topological polar surface area (TPSA) is 42.0 Å². The first-order chi connectivity index (χ1) is 7.66. The van der Waals surface area contributed by atoms with Crippen LogP contribution in [0.2, 0.25) is 5.02 Å². The Morgan fingerprint density at radius 3 is 2.81 bits per heavy atom. The van der Waals surface area contributed by atoms with Crippen molar-refractivity contribution in [3.63, 3.8) is 0 Å². The molecular weight excluding hydrogens is 312 g/mol. The first kappa shape index (κ1) is 11.6. The molecule has 0 atom stereocenters. The van der Waals surface area contributed by atoms with E-state index in [0.29, 0.717) is 15.7 Å². The lowest BCUT2D eigenvalue weighted by Crippen LogP contribution is -2.11. The summed E-state index contributed by atoms with van der Waals surface area (Å²) < 4.78 is 0.861. The molecule has 2 aromatic heterocycles. The quantitative estimate of drug-likeness (QED) is 0.915. The van der Waals surface area contributed by atoms with E-state index in [1.165, 1.54) is 11.3 Å². The summed E-state index contributed by atoms with van der Waals surface area (Å²) in [6.45, 7) is 0. The van der Waals surface area contributed by atoms with Crippen LogP contribution in [0.3, 0.4) is 0 Å². The Hall–Kier alpha value is -0.910. The van der Waals surface area contributed by atoms with Crippen LogP contribution in [-0.4, -0.2) is 10.9 Å². The zero-order valence-corrected chi connectivity index (χ0v) is 11.1. The second kappa shape index (κ2) is 4.95. The minimum Gasteiger partial charge on any atom is -0.306 e. The standard InChI is InChI=1S/C10H6BrClN2OS/c11-6-1-2-8(13-5-6)14-10(15)9-7(12)3-4-16-9/h1-5H,(H,13,14,15). The van der Waals surface area contributed by atoms with Gasteiger partial charge in [0.15, 0.2) is 0 Å². The van der Waals surface area contributed by atoms with Crippen molar-refractivity contribution in [1.29, 1.82) is 0 Å². The first-order valence-electron chi connectivity index (χ1n) is 4.33. The number of aromatic nitrogens is 1. The molecule has 2 rings (SSSR count). The van der Waals surface area contributed by atoms with Crippen LogP contribution in [0.4, 0.5) is 5.82 Å². The average molecular weight is 318 g/mol. The highest BCUT2D eigenvalue weighted by Gasteiger charge is 2.12. The average Bonchev–Trinajstić information content (AvgIpc) is 2.68. The number of halogens is 2. The Labute approximate surface area is 110 Å². The van der Waals surface area contributed by atoms with Crippen molar-refractivity contribution < 1.29 is 4.79 Å². The zero-order chi connectivity index (χ0) is 11.5. The summed E-state index contributed by atoms with van der Waals surface area (Å²) in [5, 5.41) is 4.90. The molecular formula is C10H6BrClN2OS. The fourth-order valence-electron chi connectivity index (χ4n) is 1.08. The number of hydrogen-bond acceptors (Lipinski definition) is 3. The molecule has 0 unspecified atom stereocenters. The van der Waals surface area contributed by atoms with Crippen molar-refractivity contribution in [1.82, 2.24) is 4.98 Å². The van der Waals surface area contributed by atoms with Gasteiger partial charge in [0.25, 0.3) is 5.91 Å². The van der Waals surface area contributed by atoms with Gasteiger partial charge in [0.1, 0.15) is 10.7 Å². The minimum absolute atomic E-state index is 0.241. The molecule has 1 N–H and O–H groups in total. The second-order valence-corrected chi connectivity index (χ2v) is 5.15. The molecule has 16 heavy (non-hydrogen) atoms. The van der Waals surface area contributed by atoms with Crippen molar-refractivity contribution in [2.24, 2.45) is 0 Å². The molecule has 82 valence electrons. The monoisotopic (exact) mass is 316 g/mol. The predicted octanol–water partition coefficient (Wildman–Crippen LogP) is 3.81. The highest BCUT2D eigenvalue weighted by molar-refractivity contribution is 9.10. The van der Waals surface area contributed by atoms with Gasteiger partial charge in [0, 0.05) is 10.7 Å². The highest BCUT2D eigenvalue weighted by atomic mass is 79.9. The number of amides is 1. The van der Waals surface area contributed by atoms with E-state index in [1.54, 1.807) is 29.8 Å². The van der Waals surface area contributed by atoms with E-state index < -0.39 is 0 Å². The Morgan fingerprint density at radius 2 is 2.25 bits per heavy atom. The third-order valence-electron chi connectivity index (χ3n) is 1.79. The zero-order valence-electron chi connectivity index (χ0n) is 7.91. The van der Waals surface area contributed by atoms with Gasteiger partial charge in [-0.3, -0.25) is 4.79 Å². The number of nitrogens with one attached hydrogen (secondary N) is 1. The SMILES string of the molecule is O=C(Nc1ccc(Br)cn1)c1sccc1Cl. The molecule has 0 saturated heterocycles. The third kappa shape index (κ3) is 2.61. The molecule has 0 radical (unpaired) electrons. The Kier molecular flexibility index (Phi) is 3.58. The molecule has 0 aliphatic rings. The Morgan fingerprint density at radius 1 is 1.44 bits per heavy atom. The van der Waals surface area contributed by atoms with Crippen molar-refractivity contribution in [2.75, 3.05) is 5.32 Å². The Bertz CT molecular complexity index is 512. The van der Waals surface area contributed by atoms with Gasteiger partial charge in [0.05, 0.1) is 5.02 Å². The van der Waals surface area contributed by atoms with Gasteiger partial charge in [-0.25, -0.2) is 4.98 Å². The van der Waals surface area contributed by atoms with Crippen molar-refractivity contribution in [3.8, 4) is 0 Å². The van der Waals surface area contributed by atoms with Crippen LogP contribution in [0.1, 0.15) is 9.67 Å². The normalized spacial score (nSPS) is 10.1. The number of rotatable bonds is 2. The Balaban J connectivity index is 2.14. The summed E-state index contributed by atoms with van der Waals surface area (Å²) in [6, 6.07) is 5.21. The van der Waals surface area contributed by atoms with E-state index in [-0.39, 0.29) is 5.91 Å². The molecule has 6 heteroatoms. The maximum atomic E-state index is 11.7. The third-order valence-corrected chi connectivity index (χ3v) is 3.60. The van der Waals surface area contributed by atoms with Crippen LogP contribution in [0.25, 0.3) is 0 Å². The summed E-state index contributed by atoms with van der Waals surface area (Å²) in [6.07, 6.45) is 1.62. The fourth-order valence-corrected chi connectivity index (χ4v) is 2.35. The van der Waals surface area contributed by atoms with E-state index in [0.717, 1.165) is 4.47 Å². The smallest absolute Gasteiger partial charge is 0.268 e. The van der Waals surface area contributed by atoms with Crippen molar-refractivity contribution >= 4 is 50.6 Å². The van der Waals surface area contributed by atoms with Gasteiger partial charge in [0.2, 0.25) is 0 Å². The molecule has 2 aromatic rings.